The van der Waals surface area contributed by atoms with Gasteiger partial charge in [-0.1, -0.05) is 0 Å². The molecule has 0 saturated heterocycles. The monoisotopic (exact) mass is 309 g/mol. The van der Waals surface area contributed by atoms with Crippen LogP contribution in [0.1, 0.15) is 23.2 Å². The minimum absolute atomic E-state index is 0.00755. The fourth-order valence-electron chi connectivity index (χ4n) is 1.97. The van der Waals surface area contributed by atoms with E-state index in [-0.39, 0.29) is 35.3 Å². The summed E-state index contributed by atoms with van der Waals surface area (Å²) in [5.41, 5.74) is 0.228. The molecular formula is C15H19NO6. The third-order valence-electron chi connectivity index (χ3n) is 3.28. The molecule has 1 fully saturated rings. The van der Waals surface area contributed by atoms with Crippen molar-refractivity contribution in [2.45, 2.75) is 12.8 Å². The number of carboxylic acid groups (broad SMARTS) is 1. The van der Waals surface area contributed by atoms with Gasteiger partial charge in [-0.25, -0.2) is 4.79 Å². The van der Waals surface area contributed by atoms with Gasteiger partial charge in [0.25, 0.3) is 0 Å². The molecule has 2 rings (SSSR count). The molecule has 0 radical (unpaired) electrons. The van der Waals surface area contributed by atoms with Crippen molar-refractivity contribution in [1.82, 2.24) is 0 Å². The smallest absolute Gasteiger partial charge is 0.335 e. The Labute approximate surface area is 128 Å². The molecule has 1 aliphatic rings. The summed E-state index contributed by atoms with van der Waals surface area (Å²) in [6.45, 7) is 0.488. The van der Waals surface area contributed by atoms with Crippen LogP contribution in [-0.4, -0.2) is 44.4 Å². The second-order valence-corrected chi connectivity index (χ2v) is 5.07. The number of anilines is 1. The summed E-state index contributed by atoms with van der Waals surface area (Å²) in [5.74, 6) is -0.428. The van der Waals surface area contributed by atoms with E-state index in [9.17, 15) is 9.59 Å². The van der Waals surface area contributed by atoms with Crippen molar-refractivity contribution in [3.63, 3.8) is 0 Å². The number of carboxylic acids is 1. The average Bonchev–Trinajstić information content (AvgIpc) is 3.30. The standard InChI is InChI=1S/C15H19NO6/c1-20-12-6-10(15(18)19)5-11(14(12)21-2)16-13(17)8-22-7-9-3-4-9/h5-6,9H,3-4,7-8H2,1-2H3,(H,16,17)(H,18,19). The number of benzene rings is 1. The molecule has 1 aromatic carbocycles. The molecule has 0 heterocycles. The molecule has 120 valence electrons. The van der Waals surface area contributed by atoms with Crippen molar-refractivity contribution in [1.29, 1.82) is 0 Å². The third-order valence-corrected chi connectivity index (χ3v) is 3.28. The number of rotatable bonds is 8. The first-order valence-corrected chi connectivity index (χ1v) is 6.92. The first kappa shape index (κ1) is 16.1. The summed E-state index contributed by atoms with van der Waals surface area (Å²) >= 11 is 0. The summed E-state index contributed by atoms with van der Waals surface area (Å²) in [7, 11) is 2.81. The number of hydrogen-bond donors (Lipinski definition) is 2. The molecule has 0 aromatic heterocycles. The molecule has 0 bridgehead atoms. The maximum Gasteiger partial charge on any atom is 0.335 e. The molecule has 22 heavy (non-hydrogen) atoms. The van der Waals surface area contributed by atoms with Crippen LogP contribution in [0.15, 0.2) is 12.1 Å². The van der Waals surface area contributed by atoms with E-state index in [0.717, 1.165) is 12.8 Å². The number of hydrogen-bond acceptors (Lipinski definition) is 5. The zero-order valence-electron chi connectivity index (χ0n) is 12.5. The minimum atomic E-state index is -1.12. The van der Waals surface area contributed by atoms with Crippen molar-refractivity contribution in [2.24, 2.45) is 5.92 Å². The fourth-order valence-corrected chi connectivity index (χ4v) is 1.97. The molecule has 0 aliphatic heterocycles. The van der Waals surface area contributed by atoms with Gasteiger partial charge < -0.3 is 24.6 Å². The third kappa shape index (κ3) is 4.11. The lowest BCUT2D eigenvalue weighted by molar-refractivity contribution is -0.120. The second kappa shape index (κ2) is 7.13. The van der Waals surface area contributed by atoms with Crippen LogP contribution in [0.3, 0.4) is 0 Å². The molecule has 7 nitrogen and oxygen atoms in total. The topological polar surface area (TPSA) is 94.1 Å². The van der Waals surface area contributed by atoms with Gasteiger partial charge in [0.05, 0.1) is 32.1 Å². The highest BCUT2D eigenvalue weighted by atomic mass is 16.5. The van der Waals surface area contributed by atoms with Crippen molar-refractivity contribution < 1.29 is 28.9 Å². The molecule has 1 aliphatic carbocycles. The first-order chi connectivity index (χ1) is 10.5. The lowest BCUT2D eigenvalue weighted by atomic mass is 10.1. The van der Waals surface area contributed by atoms with Gasteiger partial charge in [-0.2, -0.15) is 0 Å². The fraction of sp³-hybridized carbons (Fsp3) is 0.467. The van der Waals surface area contributed by atoms with Crippen molar-refractivity contribution >= 4 is 17.6 Å². The Morgan fingerprint density at radius 1 is 1.27 bits per heavy atom. The van der Waals surface area contributed by atoms with Crippen LogP contribution in [-0.2, 0) is 9.53 Å². The maximum atomic E-state index is 11.9. The van der Waals surface area contributed by atoms with Crippen LogP contribution in [0.25, 0.3) is 0 Å². The Hall–Kier alpha value is -2.28. The van der Waals surface area contributed by atoms with E-state index in [4.69, 9.17) is 19.3 Å². The van der Waals surface area contributed by atoms with E-state index in [0.29, 0.717) is 12.5 Å². The quantitative estimate of drug-likeness (QED) is 0.760. The predicted octanol–water partition coefficient (Wildman–Crippen LogP) is 1.77. The number of aromatic carboxylic acids is 1. The summed E-state index contributed by atoms with van der Waals surface area (Å²) in [6.07, 6.45) is 2.29. The van der Waals surface area contributed by atoms with Gasteiger partial charge in [-0.05, 0) is 30.9 Å². The molecular weight excluding hydrogens is 290 g/mol. The largest absolute Gasteiger partial charge is 0.493 e. The Morgan fingerprint density at radius 3 is 2.55 bits per heavy atom. The Bertz CT molecular complexity index is 567. The zero-order valence-corrected chi connectivity index (χ0v) is 12.5. The minimum Gasteiger partial charge on any atom is -0.493 e. The van der Waals surface area contributed by atoms with E-state index in [2.05, 4.69) is 5.32 Å². The summed E-state index contributed by atoms with van der Waals surface area (Å²) in [5, 5.41) is 11.7. The van der Waals surface area contributed by atoms with Crippen molar-refractivity contribution in [3.05, 3.63) is 17.7 Å². The Balaban J connectivity index is 2.10. The molecule has 2 N–H and O–H groups in total. The SMILES string of the molecule is COc1cc(C(=O)O)cc(NC(=O)COCC2CC2)c1OC. The highest BCUT2D eigenvalue weighted by Gasteiger charge is 2.22. The van der Waals surface area contributed by atoms with Gasteiger partial charge in [0.1, 0.15) is 6.61 Å². The highest BCUT2D eigenvalue weighted by Crippen LogP contribution is 2.36. The Morgan fingerprint density at radius 2 is 2.00 bits per heavy atom. The molecule has 1 saturated carbocycles. The van der Waals surface area contributed by atoms with Crippen LogP contribution in [0.4, 0.5) is 5.69 Å². The number of carbonyl (C=O) groups excluding carboxylic acids is 1. The van der Waals surface area contributed by atoms with E-state index < -0.39 is 5.97 Å². The van der Waals surface area contributed by atoms with E-state index in [1.807, 2.05) is 0 Å². The average molecular weight is 309 g/mol. The lowest BCUT2D eigenvalue weighted by Crippen LogP contribution is -2.20. The normalized spacial score (nSPS) is 13.5. The lowest BCUT2D eigenvalue weighted by Gasteiger charge is -2.14. The van der Waals surface area contributed by atoms with E-state index in [1.165, 1.54) is 26.4 Å². The first-order valence-electron chi connectivity index (χ1n) is 6.92. The number of ether oxygens (including phenoxy) is 3. The predicted molar refractivity (Wildman–Crippen MR) is 78.7 cm³/mol. The molecule has 1 amide bonds. The van der Waals surface area contributed by atoms with Crippen LogP contribution in [0, 0.1) is 5.92 Å². The number of nitrogens with one attached hydrogen (secondary N) is 1. The van der Waals surface area contributed by atoms with Gasteiger partial charge in [0, 0.05) is 0 Å². The van der Waals surface area contributed by atoms with Crippen LogP contribution in [0.2, 0.25) is 0 Å². The maximum absolute atomic E-state index is 11.9. The van der Waals surface area contributed by atoms with Gasteiger partial charge in [0.15, 0.2) is 11.5 Å². The Kier molecular flexibility index (Phi) is 5.21. The second-order valence-electron chi connectivity index (χ2n) is 5.07. The van der Waals surface area contributed by atoms with Crippen LogP contribution < -0.4 is 14.8 Å². The van der Waals surface area contributed by atoms with Crippen LogP contribution >= 0.6 is 0 Å². The van der Waals surface area contributed by atoms with E-state index in [1.54, 1.807) is 0 Å². The van der Waals surface area contributed by atoms with Crippen LogP contribution in [0.5, 0.6) is 11.5 Å². The summed E-state index contributed by atoms with van der Waals surface area (Å²) < 4.78 is 15.6. The van der Waals surface area contributed by atoms with Crippen molar-refractivity contribution in [3.8, 4) is 11.5 Å². The molecule has 0 unspecified atom stereocenters. The molecule has 0 atom stereocenters. The van der Waals surface area contributed by atoms with Gasteiger partial charge in [0.2, 0.25) is 5.91 Å². The summed E-state index contributed by atoms with van der Waals surface area (Å²) in [6, 6.07) is 2.66. The van der Waals surface area contributed by atoms with Crippen molar-refractivity contribution in [2.75, 3.05) is 32.8 Å². The highest BCUT2D eigenvalue weighted by molar-refractivity contribution is 5.97. The van der Waals surface area contributed by atoms with Gasteiger partial charge >= 0.3 is 5.97 Å². The molecule has 7 heteroatoms. The number of carbonyl (C=O) groups is 2. The van der Waals surface area contributed by atoms with Gasteiger partial charge in [-0.15, -0.1) is 0 Å². The number of amides is 1. The zero-order chi connectivity index (χ0) is 16.1. The molecule has 1 aromatic rings. The van der Waals surface area contributed by atoms with E-state index >= 15 is 0 Å². The van der Waals surface area contributed by atoms with Gasteiger partial charge in [-0.3, -0.25) is 4.79 Å². The summed E-state index contributed by atoms with van der Waals surface area (Å²) in [4.78, 5) is 23.0. The number of methoxy groups -OCH3 is 2. The molecule has 0 spiro atoms.